The zero-order valence-corrected chi connectivity index (χ0v) is 14.8. The molecule has 0 spiro atoms. The summed E-state index contributed by atoms with van der Waals surface area (Å²) in [6, 6.07) is 6.36. The number of halogens is 1. The second kappa shape index (κ2) is 7.83. The van der Waals surface area contributed by atoms with Crippen LogP contribution >= 0.6 is 11.6 Å². The minimum Gasteiger partial charge on any atom is -0.481 e. The molecular formula is C15H22ClNO4S. The maximum absolute atomic E-state index is 12.3. The molecule has 0 bridgehead atoms. The highest BCUT2D eigenvalue weighted by Gasteiger charge is 2.25. The summed E-state index contributed by atoms with van der Waals surface area (Å²) in [5, 5.41) is 0.521. The Balaban J connectivity index is 2.69. The van der Waals surface area contributed by atoms with Crippen molar-refractivity contribution in [1.82, 2.24) is 4.90 Å². The number of hydrogen-bond acceptors (Lipinski definition) is 4. The molecule has 5 nitrogen and oxygen atoms in total. The SMILES string of the molecule is CCS(=O)(=O)C[C@H](C)N(C)C(=O)[C@H](C)Oc1cccc(Cl)c1. The van der Waals surface area contributed by atoms with Crippen molar-refractivity contribution in [3.63, 3.8) is 0 Å². The molecule has 7 heteroatoms. The van der Waals surface area contributed by atoms with E-state index in [1.807, 2.05) is 0 Å². The molecule has 1 aromatic carbocycles. The van der Waals surface area contributed by atoms with Crippen molar-refractivity contribution in [2.75, 3.05) is 18.6 Å². The van der Waals surface area contributed by atoms with Gasteiger partial charge in [0.1, 0.15) is 5.75 Å². The van der Waals surface area contributed by atoms with Gasteiger partial charge in [-0.05, 0) is 32.0 Å². The number of rotatable bonds is 7. The molecule has 0 unspecified atom stereocenters. The first-order chi connectivity index (χ1) is 10.2. The van der Waals surface area contributed by atoms with Crippen LogP contribution in [0, 0.1) is 0 Å². The fourth-order valence-electron chi connectivity index (χ4n) is 1.90. The lowest BCUT2D eigenvalue weighted by Crippen LogP contribution is -2.45. The zero-order chi connectivity index (χ0) is 16.9. The largest absolute Gasteiger partial charge is 0.481 e. The highest BCUT2D eigenvalue weighted by molar-refractivity contribution is 7.91. The predicted octanol–water partition coefficient (Wildman–Crippen LogP) is 2.39. The molecule has 0 N–H and O–H groups in total. The summed E-state index contributed by atoms with van der Waals surface area (Å²) in [5.41, 5.74) is 0. The lowest BCUT2D eigenvalue weighted by molar-refractivity contribution is -0.138. The number of ether oxygens (including phenoxy) is 1. The first kappa shape index (κ1) is 18.8. The van der Waals surface area contributed by atoms with Gasteiger partial charge in [0.2, 0.25) is 0 Å². The number of carbonyl (C=O) groups is 1. The molecule has 0 aromatic heterocycles. The summed E-state index contributed by atoms with van der Waals surface area (Å²) in [7, 11) is -1.56. The average molecular weight is 348 g/mol. The third-order valence-corrected chi connectivity index (χ3v) is 5.51. The lowest BCUT2D eigenvalue weighted by atomic mass is 10.2. The van der Waals surface area contributed by atoms with Crippen molar-refractivity contribution in [3.8, 4) is 5.75 Å². The Hall–Kier alpha value is -1.27. The summed E-state index contributed by atoms with van der Waals surface area (Å²) in [4.78, 5) is 13.7. The third-order valence-electron chi connectivity index (χ3n) is 3.40. The van der Waals surface area contributed by atoms with E-state index in [1.54, 1.807) is 52.1 Å². The topological polar surface area (TPSA) is 63.7 Å². The summed E-state index contributed by atoms with van der Waals surface area (Å²) in [6.45, 7) is 4.92. The van der Waals surface area contributed by atoms with Crippen LogP contribution in [-0.4, -0.2) is 49.9 Å². The van der Waals surface area contributed by atoms with E-state index in [9.17, 15) is 13.2 Å². The molecule has 1 rings (SSSR count). The van der Waals surface area contributed by atoms with Crippen molar-refractivity contribution in [3.05, 3.63) is 29.3 Å². The zero-order valence-electron chi connectivity index (χ0n) is 13.2. The quantitative estimate of drug-likeness (QED) is 0.759. The van der Waals surface area contributed by atoms with Gasteiger partial charge in [-0.3, -0.25) is 4.79 Å². The predicted molar refractivity (Wildman–Crippen MR) is 88.1 cm³/mol. The van der Waals surface area contributed by atoms with E-state index in [-0.39, 0.29) is 17.4 Å². The van der Waals surface area contributed by atoms with E-state index in [4.69, 9.17) is 16.3 Å². The van der Waals surface area contributed by atoms with Crippen LogP contribution in [0.25, 0.3) is 0 Å². The van der Waals surface area contributed by atoms with Gasteiger partial charge in [0.25, 0.3) is 5.91 Å². The standard InChI is InChI=1S/C15H22ClNO4S/c1-5-22(19,20)10-11(2)17(4)15(18)12(3)21-14-8-6-7-13(16)9-14/h6-9,11-12H,5,10H2,1-4H3/t11-,12-/m0/s1. The highest BCUT2D eigenvalue weighted by atomic mass is 35.5. The molecule has 0 aliphatic heterocycles. The first-order valence-electron chi connectivity index (χ1n) is 7.05. The first-order valence-corrected chi connectivity index (χ1v) is 9.25. The number of nitrogens with zero attached hydrogens (tertiary/aromatic N) is 1. The van der Waals surface area contributed by atoms with Gasteiger partial charge in [-0.2, -0.15) is 0 Å². The summed E-state index contributed by atoms with van der Waals surface area (Å²) >= 11 is 5.87. The molecule has 0 fully saturated rings. The molecule has 1 aromatic rings. The van der Waals surface area contributed by atoms with E-state index >= 15 is 0 Å². The van der Waals surface area contributed by atoms with Crippen molar-refractivity contribution in [2.24, 2.45) is 0 Å². The molecule has 0 aliphatic carbocycles. The number of hydrogen-bond donors (Lipinski definition) is 0. The number of likely N-dealkylation sites (N-methyl/N-ethyl adjacent to an activating group) is 1. The Morgan fingerprint density at radius 3 is 2.55 bits per heavy atom. The molecule has 0 radical (unpaired) electrons. The Kier molecular flexibility index (Phi) is 6.68. The van der Waals surface area contributed by atoms with Crippen LogP contribution in [0.1, 0.15) is 20.8 Å². The van der Waals surface area contributed by atoms with Crippen molar-refractivity contribution in [2.45, 2.75) is 32.9 Å². The number of carbonyl (C=O) groups excluding carboxylic acids is 1. The fourth-order valence-corrected chi connectivity index (χ4v) is 3.27. The molecule has 1 amide bonds. The number of amides is 1. The summed E-state index contributed by atoms with van der Waals surface area (Å²) in [6.07, 6.45) is -0.727. The average Bonchev–Trinajstić information content (AvgIpc) is 2.45. The minimum atomic E-state index is -3.14. The van der Waals surface area contributed by atoms with E-state index in [0.717, 1.165) is 0 Å². The number of sulfone groups is 1. The van der Waals surface area contributed by atoms with Gasteiger partial charge in [0, 0.05) is 23.9 Å². The normalized spacial score (nSPS) is 14.2. The minimum absolute atomic E-state index is 0.0599. The Morgan fingerprint density at radius 2 is 2.00 bits per heavy atom. The lowest BCUT2D eigenvalue weighted by Gasteiger charge is -2.27. The molecule has 0 saturated carbocycles. The van der Waals surface area contributed by atoms with E-state index in [0.29, 0.717) is 10.8 Å². The van der Waals surface area contributed by atoms with Gasteiger partial charge in [-0.25, -0.2) is 8.42 Å². The van der Waals surface area contributed by atoms with Crippen LogP contribution in [0.15, 0.2) is 24.3 Å². The highest BCUT2D eigenvalue weighted by Crippen LogP contribution is 2.19. The fraction of sp³-hybridized carbons (Fsp3) is 0.533. The van der Waals surface area contributed by atoms with Gasteiger partial charge in [-0.15, -0.1) is 0 Å². The van der Waals surface area contributed by atoms with Gasteiger partial charge in [-0.1, -0.05) is 24.6 Å². The second-order valence-corrected chi connectivity index (χ2v) is 8.05. The van der Waals surface area contributed by atoms with Crippen molar-refractivity contribution < 1.29 is 17.9 Å². The Bertz CT molecular complexity index is 618. The van der Waals surface area contributed by atoms with Crippen molar-refractivity contribution in [1.29, 1.82) is 0 Å². The van der Waals surface area contributed by atoms with Gasteiger partial charge >= 0.3 is 0 Å². The maximum Gasteiger partial charge on any atom is 0.263 e. The van der Waals surface area contributed by atoms with E-state index in [2.05, 4.69) is 0 Å². The van der Waals surface area contributed by atoms with Crippen LogP contribution in [0.3, 0.4) is 0 Å². The smallest absolute Gasteiger partial charge is 0.263 e. The summed E-state index contributed by atoms with van der Waals surface area (Å²) < 4.78 is 28.9. The van der Waals surface area contributed by atoms with Crippen LogP contribution in [0.4, 0.5) is 0 Å². The Labute approximate surface area is 137 Å². The molecular weight excluding hydrogens is 326 g/mol. The molecule has 0 heterocycles. The van der Waals surface area contributed by atoms with Crippen molar-refractivity contribution >= 4 is 27.3 Å². The van der Waals surface area contributed by atoms with Gasteiger partial charge in [0.05, 0.1) is 5.75 Å². The third kappa shape index (κ3) is 5.50. The van der Waals surface area contributed by atoms with Gasteiger partial charge < -0.3 is 9.64 Å². The molecule has 0 aliphatic rings. The van der Waals surface area contributed by atoms with Crippen LogP contribution in [0.2, 0.25) is 5.02 Å². The van der Waals surface area contributed by atoms with E-state index in [1.165, 1.54) is 4.90 Å². The Morgan fingerprint density at radius 1 is 1.36 bits per heavy atom. The molecule has 2 atom stereocenters. The van der Waals surface area contributed by atoms with Crippen LogP contribution in [0.5, 0.6) is 5.75 Å². The maximum atomic E-state index is 12.3. The monoisotopic (exact) mass is 347 g/mol. The second-order valence-electron chi connectivity index (χ2n) is 5.21. The van der Waals surface area contributed by atoms with Gasteiger partial charge in [0.15, 0.2) is 15.9 Å². The molecule has 22 heavy (non-hydrogen) atoms. The van der Waals surface area contributed by atoms with Crippen LogP contribution < -0.4 is 4.74 Å². The summed E-state index contributed by atoms with van der Waals surface area (Å²) in [5.74, 6) is 0.221. The van der Waals surface area contributed by atoms with E-state index < -0.39 is 22.0 Å². The number of benzene rings is 1. The molecule has 124 valence electrons. The van der Waals surface area contributed by atoms with Crippen LogP contribution in [-0.2, 0) is 14.6 Å². The molecule has 0 saturated heterocycles.